The van der Waals surface area contributed by atoms with Gasteiger partial charge in [0.15, 0.2) is 6.10 Å². The average Bonchev–Trinajstić information content (AvgIpc) is 2.40. The lowest BCUT2D eigenvalue weighted by Crippen LogP contribution is -2.33. The van der Waals surface area contributed by atoms with E-state index >= 15 is 0 Å². The predicted molar refractivity (Wildman–Crippen MR) is 70.9 cm³/mol. The number of carboxylic acid groups (broad SMARTS) is 1. The minimum absolute atomic E-state index is 0.369. The molecule has 0 radical (unpaired) electrons. The van der Waals surface area contributed by atoms with E-state index in [-0.39, 0.29) is 5.82 Å². The molecule has 0 bridgehead atoms. The van der Waals surface area contributed by atoms with E-state index in [4.69, 9.17) is 9.84 Å². The monoisotopic (exact) mass is 269 g/mol. The van der Waals surface area contributed by atoms with Crippen molar-refractivity contribution < 1.29 is 19.0 Å². The van der Waals surface area contributed by atoms with Gasteiger partial charge in [-0.05, 0) is 37.4 Å². The van der Waals surface area contributed by atoms with Crippen molar-refractivity contribution >= 4 is 5.97 Å². The van der Waals surface area contributed by atoms with Crippen LogP contribution < -0.4 is 4.74 Å². The molecule has 1 aromatic rings. The standard InChI is InChI=1S/C14H20FNO3/c1-3-16(4-2)10-9-13(14(17)18)19-12-7-5-11(15)6-8-12/h5-8,13H,3-4,9-10H2,1-2H3,(H,17,18). The Hall–Kier alpha value is -1.62. The lowest BCUT2D eigenvalue weighted by atomic mass is 10.2. The van der Waals surface area contributed by atoms with Crippen molar-refractivity contribution in [1.82, 2.24) is 4.90 Å². The van der Waals surface area contributed by atoms with E-state index in [9.17, 15) is 9.18 Å². The molecule has 0 saturated heterocycles. The zero-order valence-electron chi connectivity index (χ0n) is 11.3. The summed E-state index contributed by atoms with van der Waals surface area (Å²) < 4.78 is 18.1. The summed E-state index contributed by atoms with van der Waals surface area (Å²) in [6.07, 6.45) is -0.514. The van der Waals surface area contributed by atoms with Gasteiger partial charge in [-0.2, -0.15) is 0 Å². The van der Waals surface area contributed by atoms with Crippen molar-refractivity contribution in [3.8, 4) is 5.75 Å². The summed E-state index contributed by atoms with van der Waals surface area (Å²) in [6, 6.07) is 5.36. The van der Waals surface area contributed by atoms with Gasteiger partial charge in [-0.1, -0.05) is 13.8 Å². The second-order valence-electron chi connectivity index (χ2n) is 4.21. The highest BCUT2D eigenvalue weighted by Crippen LogP contribution is 2.14. The summed E-state index contributed by atoms with van der Waals surface area (Å²) in [5, 5.41) is 9.13. The van der Waals surface area contributed by atoms with Crippen LogP contribution in [0.5, 0.6) is 5.75 Å². The summed E-state index contributed by atoms with van der Waals surface area (Å²) in [5.74, 6) is -1.01. The number of nitrogens with zero attached hydrogens (tertiary/aromatic N) is 1. The van der Waals surface area contributed by atoms with Gasteiger partial charge in [0.25, 0.3) is 0 Å². The number of hydrogen-bond donors (Lipinski definition) is 1. The first-order valence-corrected chi connectivity index (χ1v) is 6.44. The van der Waals surface area contributed by atoms with Crippen LogP contribution in [0.25, 0.3) is 0 Å². The number of halogens is 1. The van der Waals surface area contributed by atoms with Crippen LogP contribution in [0.15, 0.2) is 24.3 Å². The Bertz CT molecular complexity index is 390. The Morgan fingerprint density at radius 1 is 1.32 bits per heavy atom. The summed E-state index contributed by atoms with van der Waals surface area (Å²) in [4.78, 5) is 13.3. The van der Waals surface area contributed by atoms with E-state index < -0.39 is 12.1 Å². The van der Waals surface area contributed by atoms with Gasteiger partial charge in [-0.15, -0.1) is 0 Å². The van der Waals surface area contributed by atoms with Crippen LogP contribution in [0.3, 0.4) is 0 Å². The Labute approximate surface area is 112 Å². The third-order valence-electron chi connectivity index (χ3n) is 2.97. The molecule has 5 heteroatoms. The first kappa shape index (κ1) is 15.4. The molecule has 1 unspecified atom stereocenters. The molecule has 19 heavy (non-hydrogen) atoms. The van der Waals surface area contributed by atoms with E-state index in [0.29, 0.717) is 18.7 Å². The number of carbonyl (C=O) groups is 1. The first-order valence-electron chi connectivity index (χ1n) is 6.44. The normalized spacial score (nSPS) is 12.4. The molecule has 0 spiro atoms. The van der Waals surface area contributed by atoms with Gasteiger partial charge in [0.05, 0.1) is 0 Å². The molecular weight excluding hydrogens is 249 g/mol. The van der Waals surface area contributed by atoms with Crippen molar-refractivity contribution in [2.45, 2.75) is 26.4 Å². The van der Waals surface area contributed by atoms with Crippen LogP contribution in [0.4, 0.5) is 4.39 Å². The Morgan fingerprint density at radius 2 is 1.89 bits per heavy atom. The maximum Gasteiger partial charge on any atom is 0.344 e. The van der Waals surface area contributed by atoms with Crippen LogP contribution in [0.2, 0.25) is 0 Å². The molecule has 0 saturated carbocycles. The topological polar surface area (TPSA) is 49.8 Å². The Balaban J connectivity index is 2.58. The van der Waals surface area contributed by atoms with Gasteiger partial charge in [-0.3, -0.25) is 0 Å². The Morgan fingerprint density at radius 3 is 2.37 bits per heavy atom. The summed E-state index contributed by atoms with van der Waals surface area (Å²) in [7, 11) is 0. The molecule has 0 aliphatic carbocycles. The van der Waals surface area contributed by atoms with Gasteiger partial charge in [0.2, 0.25) is 0 Å². The van der Waals surface area contributed by atoms with Gasteiger partial charge in [0.1, 0.15) is 11.6 Å². The lowest BCUT2D eigenvalue weighted by Gasteiger charge is -2.21. The fraction of sp³-hybridized carbons (Fsp3) is 0.500. The van der Waals surface area contributed by atoms with E-state index in [1.807, 2.05) is 13.8 Å². The van der Waals surface area contributed by atoms with Crippen molar-refractivity contribution in [2.24, 2.45) is 0 Å². The molecule has 4 nitrogen and oxygen atoms in total. The first-order chi connectivity index (χ1) is 9.06. The van der Waals surface area contributed by atoms with Crippen LogP contribution in [-0.4, -0.2) is 41.7 Å². The van der Waals surface area contributed by atoms with E-state index in [0.717, 1.165) is 13.1 Å². The average molecular weight is 269 g/mol. The number of carboxylic acids is 1. The van der Waals surface area contributed by atoms with Gasteiger partial charge >= 0.3 is 5.97 Å². The maximum absolute atomic E-state index is 12.7. The zero-order valence-corrected chi connectivity index (χ0v) is 11.3. The highest BCUT2D eigenvalue weighted by Gasteiger charge is 2.20. The predicted octanol–water partition coefficient (Wildman–Crippen LogP) is 2.39. The molecular formula is C14H20FNO3. The van der Waals surface area contributed by atoms with E-state index in [1.165, 1.54) is 24.3 Å². The van der Waals surface area contributed by atoms with Crippen LogP contribution in [-0.2, 0) is 4.79 Å². The minimum Gasteiger partial charge on any atom is -0.479 e. The quantitative estimate of drug-likeness (QED) is 0.787. The third kappa shape index (κ3) is 5.26. The molecule has 0 amide bonds. The number of aliphatic carboxylic acids is 1. The van der Waals surface area contributed by atoms with E-state index in [2.05, 4.69) is 4.90 Å². The van der Waals surface area contributed by atoms with Gasteiger partial charge < -0.3 is 14.7 Å². The highest BCUT2D eigenvalue weighted by atomic mass is 19.1. The van der Waals surface area contributed by atoms with Crippen molar-refractivity contribution in [1.29, 1.82) is 0 Å². The van der Waals surface area contributed by atoms with Crippen molar-refractivity contribution in [3.05, 3.63) is 30.1 Å². The number of ether oxygens (including phenoxy) is 1. The highest BCUT2D eigenvalue weighted by molar-refractivity contribution is 5.72. The third-order valence-corrected chi connectivity index (χ3v) is 2.97. The fourth-order valence-electron chi connectivity index (χ4n) is 1.75. The SMILES string of the molecule is CCN(CC)CCC(Oc1ccc(F)cc1)C(=O)O. The van der Waals surface area contributed by atoms with E-state index in [1.54, 1.807) is 0 Å². The number of rotatable bonds is 8. The van der Waals surface area contributed by atoms with Crippen LogP contribution in [0.1, 0.15) is 20.3 Å². The minimum atomic E-state index is -1.00. The smallest absolute Gasteiger partial charge is 0.344 e. The second kappa shape index (κ2) is 7.74. The van der Waals surface area contributed by atoms with Crippen molar-refractivity contribution in [3.63, 3.8) is 0 Å². The molecule has 0 aliphatic rings. The summed E-state index contributed by atoms with van der Waals surface area (Å²) in [6.45, 7) is 6.46. The molecule has 1 aromatic carbocycles. The van der Waals surface area contributed by atoms with Crippen molar-refractivity contribution in [2.75, 3.05) is 19.6 Å². The molecule has 0 fully saturated rings. The summed E-state index contributed by atoms with van der Waals surface area (Å²) in [5.41, 5.74) is 0. The lowest BCUT2D eigenvalue weighted by molar-refractivity contribution is -0.145. The zero-order chi connectivity index (χ0) is 14.3. The molecule has 0 heterocycles. The maximum atomic E-state index is 12.7. The van der Waals surface area contributed by atoms with Gasteiger partial charge in [0, 0.05) is 13.0 Å². The second-order valence-corrected chi connectivity index (χ2v) is 4.21. The number of benzene rings is 1. The molecule has 0 aliphatic heterocycles. The molecule has 1 N–H and O–H groups in total. The molecule has 1 rings (SSSR count). The molecule has 0 aromatic heterocycles. The van der Waals surface area contributed by atoms with Crippen LogP contribution in [0, 0.1) is 5.82 Å². The molecule has 1 atom stereocenters. The number of hydrogen-bond acceptors (Lipinski definition) is 3. The fourth-order valence-corrected chi connectivity index (χ4v) is 1.75. The Kier molecular flexibility index (Phi) is 6.29. The largest absolute Gasteiger partial charge is 0.479 e. The van der Waals surface area contributed by atoms with Crippen LogP contribution >= 0.6 is 0 Å². The summed E-state index contributed by atoms with van der Waals surface area (Å²) >= 11 is 0. The van der Waals surface area contributed by atoms with Gasteiger partial charge in [-0.25, -0.2) is 9.18 Å². The molecule has 106 valence electrons.